The average Bonchev–Trinajstić information content (AvgIpc) is 2.59. The zero-order valence-electron chi connectivity index (χ0n) is 15.3. The van der Waals surface area contributed by atoms with Gasteiger partial charge in [0, 0.05) is 13.2 Å². The van der Waals surface area contributed by atoms with Gasteiger partial charge in [0.15, 0.2) is 0 Å². The van der Waals surface area contributed by atoms with Crippen molar-refractivity contribution in [2.24, 2.45) is 0 Å². The third kappa shape index (κ3) is 5.28. The standard InChI is InChI=1S/C16H16ClF3N4O4S/c1-24(29(3,26)27)14-10(16(18,19)20)5-4-6-11(14)22-12-7-13(17)21-8-9(12)15(25)23-28-2/h4-8H,1-3H3,(H,21,22)(H,23,25). The molecule has 2 aromatic rings. The first-order valence-electron chi connectivity index (χ1n) is 7.76. The van der Waals surface area contributed by atoms with Gasteiger partial charge in [-0.15, -0.1) is 0 Å². The van der Waals surface area contributed by atoms with Crippen molar-refractivity contribution >= 4 is 44.6 Å². The number of hydrogen-bond acceptors (Lipinski definition) is 6. The Labute approximate surface area is 169 Å². The zero-order chi connectivity index (χ0) is 22.0. The largest absolute Gasteiger partial charge is 0.418 e. The fourth-order valence-corrected chi connectivity index (χ4v) is 3.07. The van der Waals surface area contributed by atoms with Crippen LogP contribution in [0.2, 0.25) is 5.15 Å². The quantitative estimate of drug-likeness (QED) is 0.515. The first-order chi connectivity index (χ1) is 13.4. The summed E-state index contributed by atoms with van der Waals surface area (Å²) in [6, 6.07) is 4.29. The van der Waals surface area contributed by atoms with Crippen molar-refractivity contribution < 1.29 is 31.2 Å². The second-order valence-corrected chi connectivity index (χ2v) is 8.14. The fourth-order valence-electron chi connectivity index (χ4n) is 2.39. The maximum Gasteiger partial charge on any atom is 0.418 e. The maximum absolute atomic E-state index is 13.5. The van der Waals surface area contributed by atoms with E-state index < -0.39 is 33.4 Å². The molecule has 0 atom stereocenters. The van der Waals surface area contributed by atoms with Gasteiger partial charge >= 0.3 is 6.18 Å². The molecule has 0 aliphatic heterocycles. The number of nitrogens with zero attached hydrogens (tertiary/aromatic N) is 2. The predicted octanol–water partition coefficient (Wildman–Crippen LogP) is 3.18. The Morgan fingerprint density at radius 1 is 1.28 bits per heavy atom. The van der Waals surface area contributed by atoms with Crippen molar-refractivity contribution in [1.82, 2.24) is 10.5 Å². The molecular formula is C16H16ClF3N4O4S. The van der Waals surface area contributed by atoms with E-state index in [2.05, 4.69) is 20.6 Å². The predicted molar refractivity (Wildman–Crippen MR) is 102 cm³/mol. The number of nitrogens with one attached hydrogen (secondary N) is 2. The number of alkyl halides is 3. The second-order valence-electron chi connectivity index (χ2n) is 5.74. The Hall–Kier alpha value is -2.57. The lowest BCUT2D eigenvalue weighted by Crippen LogP contribution is -2.28. The number of rotatable bonds is 6. The molecular weight excluding hydrogens is 437 g/mol. The number of anilines is 3. The Morgan fingerprint density at radius 2 is 1.93 bits per heavy atom. The Kier molecular flexibility index (Phi) is 6.60. The first-order valence-corrected chi connectivity index (χ1v) is 9.99. The lowest BCUT2D eigenvalue weighted by molar-refractivity contribution is -0.137. The summed E-state index contributed by atoms with van der Waals surface area (Å²) in [7, 11) is -1.86. The molecule has 0 aliphatic rings. The maximum atomic E-state index is 13.5. The fraction of sp³-hybridized carbons (Fsp3) is 0.250. The van der Waals surface area contributed by atoms with E-state index in [-0.39, 0.29) is 22.1 Å². The van der Waals surface area contributed by atoms with Gasteiger partial charge in [0.05, 0.1) is 41.6 Å². The van der Waals surface area contributed by atoms with Gasteiger partial charge in [-0.3, -0.25) is 13.9 Å². The highest BCUT2D eigenvalue weighted by molar-refractivity contribution is 7.92. The highest BCUT2D eigenvalue weighted by Crippen LogP contribution is 2.42. The van der Waals surface area contributed by atoms with Gasteiger partial charge in [0.2, 0.25) is 10.0 Å². The molecule has 1 aromatic heterocycles. The number of halogens is 4. The summed E-state index contributed by atoms with van der Waals surface area (Å²) in [4.78, 5) is 20.4. The van der Waals surface area contributed by atoms with Crippen LogP contribution < -0.4 is 15.1 Å². The minimum atomic E-state index is -4.84. The molecule has 1 aromatic carbocycles. The summed E-state index contributed by atoms with van der Waals surface area (Å²) in [5.74, 6) is -0.746. The van der Waals surface area contributed by atoms with E-state index in [0.29, 0.717) is 4.31 Å². The van der Waals surface area contributed by atoms with Crippen molar-refractivity contribution in [3.8, 4) is 0 Å². The summed E-state index contributed by atoms with van der Waals surface area (Å²) in [6.07, 6.45) is -2.98. The van der Waals surface area contributed by atoms with E-state index in [9.17, 15) is 26.4 Å². The highest BCUT2D eigenvalue weighted by Gasteiger charge is 2.37. The number of hydroxylamine groups is 1. The summed E-state index contributed by atoms with van der Waals surface area (Å²) in [5.41, 5.74) is -0.0990. The van der Waals surface area contributed by atoms with E-state index in [1.54, 1.807) is 0 Å². The van der Waals surface area contributed by atoms with Crippen molar-refractivity contribution in [3.05, 3.63) is 46.7 Å². The molecule has 13 heteroatoms. The topological polar surface area (TPSA) is 101 Å². The van der Waals surface area contributed by atoms with E-state index in [4.69, 9.17) is 11.6 Å². The lowest BCUT2D eigenvalue weighted by atomic mass is 10.1. The van der Waals surface area contributed by atoms with Gasteiger partial charge in [-0.05, 0) is 18.2 Å². The normalized spacial score (nSPS) is 11.8. The molecule has 0 unspecified atom stereocenters. The van der Waals surface area contributed by atoms with Crippen LogP contribution in [0.4, 0.5) is 30.2 Å². The Bertz CT molecular complexity index is 1030. The third-order valence-electron chi connectivity index (χ3n) is 3.73. The lowest BCUT2D eigenvalue weighted by Gasteiger charge is -2.25. The van der Waals surface area contributed by atoms with Crippen LogP contribution in [0.1, 0.15) is 15.9 Å². The average molecular weight is 453 g/mol. The second kappa shape index (κ2) is 8.43. The summed E-state index contributed by atoms with van der Waals surface area (Å²) < 4.78 is 65.0. The van der Waals surface area contributed by atoms with E-state index >= 15 is 0 Å². The SMILES string of the molecule is CONC(=O)c1cnc(Cl)cc1Nc1cccc(C(F)(F)F)c1N(C)S(C)(=O)=O. The molecule has 158 valence electrons. The van der Waals surface area contributed by atoms with Crippen LogP contribution in [0.5, 0.6) is 0 Å². The summed E-state index contributed by atoms with van der Waals surface area (Å²) in [6.45, 7) is 0. The van der Waals surface area contributed by atoms with Crippen molar-refractivity contribution in [3.63, 3.8) is 0 Å². The number of sulfonamides is 1. The van der Waals surface area contributed by atoms with Gasteiger partial charge in [0.25, 0.3) is 5.91 Å². The van der Waals surface area contributed by atoms with E-state index in [1.807, 2.05) is 0 Å². The zero-order valence-corrected chi connectivity index (χ0v) is 16.9. The summed E-state index contributed by atoms with van der Waals surface area (Å²) in [5, 5.41) is 2.59. The minimum absolute atomic E-state index is 0.0120. The Morgan fingerprint density at radius 3 is 2.48 bits per heavy atom. The van der Waals surface area contributed by atoms with Crippen LogP contribution in [-0.4, -0.2) is 39.7 Å². The molecule has 29 heavy (non-hydrogen) atoms. The monoisotopic (exact) mass is 452 g/mol. The number of amides is 1. The number of aromatic nitrogens is 1. The number of carbonyl (C=O) groups is 1. The van der Waals surface area contributed by atoms with Crippen molar-refractivity contribution in [1.29, 1.82) is 0 Å². The molecule has 1 heterocycles. The van der Waals surface area contributed by atoms with Gasteiger partial charge < -0.3 is 5.32 Å². The third-order valence-corrected chi connectivity index (χ3v) is 5.12. The molecule has 0 fully saturated rings. The van der Waals surface area contributed by atoms with Gasteiger partial charge in [-0.1, -0.05) is 17.7 Å². The molecule has 1 amide bonds. The number of benzene rings is 1. The molecule has 0 bridgehead atoms. The van der Waals surface area contributed by atoms with Crippen LogP contribution in [0, 0.1) is 0 Å². The van der Waals surface area contributed by atoms with E-state index in [0.717, 1.165) is 31.6 Å². The van der Waals surface area contributed by atoms with Crippen LogP contribution >= 0.6 is 11.6 Å². The van der Waals surface area contributed by atoms with Crippen molar-refractivity contribution in [2.45, 2.75) is 6.18 Å². The molecule has 0 saturated heterocycles. The molecule has 0 saturated carbocycles. The molecule has 0 aliphatic carbocycles. The molecule has 8 nitrogen and oxygen atoms in total. The molecule has 0 radical (unpaired) electrons. The van der Waals surface area contributed by atoms with Crippen molar-refractivity contribution in [2.75, 3.05) is 30.0 Å². The smallest absolute Gasteiger partial charge is 0.353 e. The van der Waals surface area contributed by atoms with E-state index in [1.165, 1.54) is 19.2 Å². The first kappa shape index (κ1) is 22.7. The summed E-state index contributed by atoms with van der Waals surface area (Å²) >= 11 is 5.84. The number of carbonyl (C=O) groups excluding carboxylic acids is 1. The van der Waals surface area contributed by atoms with Gasteiger partial charge in [-0.25, -0.2) is 18.9 Å². The number of para-hydroxylation sites is 1. The molecule has 0 spiro atoms. The number of pyridine rings is 1. The minimum Gasteiger partial charge on any atom is -0.353 e. The molecule has 2 rings (SSSR count). The van der Waals surface area contributed by atoms with Crippen LogP contribution in [-0.2, 0) is 21.0 Å². The van der Waals surface area contributed by atoms with Crippen LogP contribution in [0.15, 0.2) is 30.5 Å². The molecule has 2 N–H and O–H groups in total. The highest BCUT2D eigenvalue weighted by atomic mass is 35.5. The van der Waals surface area contributed by atoms with Crippen LogP contribution in [0.3, 0.4) is 0 Å². The van der Waals surface area contributed by atoms with Gasteiger partial charge in [0.1, 0.15) is 5.15 Å². The Balaban J connectivity index is 2.69. The van der Waals surface area contributed by atoms with Gasteiger partial charge in [-0.2, -0.15) is 13.2 Å². The van der Waals surface area contributed by atoms with Crippen LogP contribution in [0.25, 0.3) is 0 Å². The number of hydrogen-bond donors (Lipinski definition) is 2.